The van der Waals surface area contributed by atoms with Crippen LogP contribution in [0.4, 0.5) is 4.79 Å². The lowest BCUT2D eigenvalue weighted by Gasteiger charge is -2.29. The highest BCUT2D eigenvalue weighted by Crippen LogP contribution is 2.10. The van der Waals surface area contributed by atoms with E-state index in [1.165, 1.54) is 0 Å². The molecule has 1 aromatic rings. The summed E-state index contributed by atoms with van der Waals surface area (Å²) in [5, 5.41) is 0. The second kappa shape index (κ2) is 5.68. The smallest absolute Gasteiger partial charge is 0.410 e. The largest absolute Gasteiger partial charge is 0.445 e. The summed E-state index contributed by atoms with van der Waals surface area (Å²) in [5.74, 6) is 0. The molecule has 0 bridgehead atoms. The van der Waals surface area contributed by atoms with Crippen LogP contribution in [0.3, 0.4) is 0 Å². The third-order valence-electron chi connectivity index (χ3n) is 2.87. The van der Waals surface area contributed by atoms with Crippen LogP contribution >= 0.6 is 0 Å². The summed E-state index contributed by atoms with van der Waals surface area (Å²) in [6, 6.07) is 8.68. The standard InChI is InChI=1S/C13H18N2O2/c14-12-6-8-15(9-7-12)13(16)17-10-11-4-2-1-3-5-11/h1-5,12H,6-10,14H2/i12D. The first kappa shape index (κ1) is 10.6. The molecule has 0 atom stereocenters. The number of piperidine rings is 1. The van der Waals surface area contributed by atoms with Gasteiger partial charge in [-0.2, -0.15) is 0 Å². The Balaban J connectivity index is 1.79. The molecule has 0 radical (unpaired) electrons. The molecule has 4 nitrogen and oxygen atoms in total. The third kappa shape index (κ3) is 3.46. The van der Waals surface area contributed by atoms with Crippen LogP contribution in [0.15, 0.2) is 30.3 Å². The van der Waals surface area contributed by atoms with Crippen molar-refractivity contribution in [2.45, 2.75) is 25.5 Å². The maximum Gasteiger partial charge on any atom is 0.410 e. The normalized spacial score (nSPS) is 19.6. The van der Waals surface area contributed by atoms with E-state index < -0.39 is 6.02 Å². The summed E-state index contributed by atoms with van der Waals surface area (Å²) in [7, 11) is 0. The fourth-order valence-electron chi connectivity index (χ4n) is 1.79. The van der Waals surface area contributed by atoms with E-state index in [1.807, 2.05) is 30.3 Å². The van der Waals surface area contributed by atoms with Gasteiger partial charge in [0.2, 0.25) is 0 Å². The fraction of sp³-hybridized carbons (Fsp3) is 0.462. The number of amides is 1. The van der Waals surface area contributed by atoms with E-state index in [1.54, 1.807) is 4.90 Å². The average Bonchev–Trinajstić information content (AvgIpc) is 2.37. The quantitative estimate of drug-likeness (QED) is 0.849. The Morgan fingerprint density at radius 1 is 1.41 bits per heavy atom. The third-order valence-corrected chi connectivity index (χ3v) is 2.87. The SMILES string of the molecule is [2H]C1(N)CCN(C(=O)OCc2ccccc2)CC1. The second-order valence-electron chi connectivity index (χ2n) is 4.19. The molecule has 1 heterocycles. The molecule has 2 N–H and O–H groups in total. The summed E-state index contributed by atoms with van der Waals surface area (Å²) < 4.78 is 12.9. The van der Waals surface area contributed by atoms with Crippen LogP contribution in [0.25, 0.3) is 0 Å². The summed E-state index contributed by atoms with van der Waals surface area (Å²) in [4.78, 5) is 13.4. The molecule has 0 aromatic heterocycles. The van der Waals surface area contributed by atoms with E-state index in [0.717, 1.165) is 5.56 Å². The van der Waals surface area contributed by atoms with Crippen molar-refractivity contribution in [1.29, 1.82) is 0 Å². The van der Waals surface area contributed by atoms with Gasteiger partial charge in [0.15, 0.2) is 0 Å². The Labute approximate surface area is 103 Å². The molecule has 0 aliphatic carbocycles. The van der Waals surface area contributed by atoms with Crippen molar-refractivity contribution >= 4 is 6.09 Å². The van der Waals surface area contributed by atoms with Gasteiger partial charge in [-0.05, 0) is 18.4 Å². The van der Waals surface area contributed by atoms with Crippen LogP contribution in [0.2, 0.25) is 0 Å². The zero-order chi connectivity index (χ0) is 13.0. The highest BCUT2D eigenvalue weighted by atomic mass is 16.6. The lowest BCUT2D eigenvalue weighted by molar-refractivity contribution is 0.0873. The van der Waals surface area contributed by atoms with Crippen molar-refractivity contribution in [2.75, 3.05) is 13.1 Å². The van der Waals surface area contributed by atoms with Gasteiger partial charge in [0.25, 0.3) is 0 Å². The first-order valence-electron chi connectivity index (χ1n) is 6.31. The van der Waals surface area contributed by atoms with Crippen molar-refractivity contribution in [3.8, 4) is 0 Å². The number of nitrogens with two attached hydrogens (primary N) is 1. The van der Waals surface area contributed by atoms with Gasteiger partial charge in [-0.25, -0.2) is 4.79 Å². The van der Waals surface area contributed by atoms with Gasteiger partial charge in [0.05, 0.1) is 0 Å². The molecule has 4 heteroatoms. The molecule has 0 saturated carbocycles. The van der Waals surface area contributed by atoms with E-state index in [9.17, 15) is 4.79 Å². The number of benzene rings is 1. The van der Waals surface area contributed by atoms with Gasteiger partial charge < -0.3 is 15.4 Å². The highest BCUT2D eigenvalue weighted by Gasteiger charge is 2.21. The minimum absolute atomic E-state index is 0.283. The Morgan fingerprint density at radius 3 is 2.71 bits per heavy atom. The molecule has 1 fully saturated rings. The van der Waals surface area contributed by atoms with Crippen LogP contribution in [0.5, 0.6) is 0 Å². The Morgan fingerprint density at radius 2 is 2.06 bits per heavy atom. The molecular formula is C13H18N2O2. The molecule has 0 spiro atoms. The zero-order valence-corrected chi connectivity index (χ0v) is 9.76. The lowest BCUT2D eigenvalue weighted by Crippen LogP contribution is -2.43. The van der Waals surface area contributed by atoms with E-state index in [4.69, 9.17) is 11.8 Å². The van der Waals surface area contributed by atoms with Gasteiger partial charge in [0, 0.05) is 20.5 Å². The number of nitrogens with zero attached hydrogens (tertiary/aromatic N) is 1. The molecule has 92 valence electrons. The van der Waals surface area contributed by atoms with Gasteiger partial charge in [0.1, 0.15) is 6.61 Å². The predicted octanol–water partition coefficient (Wildman–Crippen LogP) is 1.75. The van der Waals surface area contributed by atoms with Crippen LogP contribution in [-0.4, -0.2) is 30.1 Å². The Hall–Kier alpha value is -1.55. The summed E-state index contributed by atoms with van der Waals surface area (Å²) in [5.41, 5.74) is 6.66. The minimum Gasteiger partial charge on any atom is -0.445 e. The van der Waals surface area contributed by atoms with Crippen LogP contribution in [0, 0.1) is 0 Å². The molecule has 1 aromatic carbocycles. The van der Waals surface area contributed by atoms with Crippen LogP contribution in [0.1, 0.15) is 19.8 Å². The molecular weight excluding hydrogens is 216 g/mol. The molecule has 1 aliphatic rings. The fourth-order valence-corrected chi connectivity index (χ4v) is 1.79. The number of carbonyl (C=O) groups is 1. The van der Waals surface area contributed by atoms with Crippen molar-refractivity contribution in [3.63, 3.8) is 0 Å². The second-order valence-corrected chi connectivity index (χ2v) is 4.19. The Bertz CT molecular complexity index is 399. The lowest BCUT2D eigenvalue weighted by atomic mass is 10.1. The van der Waals surface area contributed by atoms with Crippen LogP contribution in [-0.2, 0) is 11.3 Å². The number of carbonyl (C=O) groups excluding carboxylic acids is 1. The minimum atomic E-state index is -0.893. The first-order valence-corrected chi connectivity index (χ1v) is 5.81. The molecule has 1 amide bonds. The number of likely N-dealkylation sites (tertiary alicyclic amines) is 1. The van der Waals surface area contributed by atoms with Crippen molar-refractivity contribution in [3.05, 3.63) is 35.9 Å². The van der Waals surface area contributed by atoms with Gasteiger partial charge in [-0.1, -0.05) is 30.3 Å². The van der Waals surface area contributed by atoms with Gasteiger partial charge in [-0.3, -0.25) is 0 Å². The topological polar surface area (TPSA) is 55.6 Å². The first-order chi connectivity index (χ1) is 8.57. The van der Waals surface area contributed by atoms with E-state index in [-0.39, 0.29) is 12.7 Å². The maximum atomic E-state index is 11.8. The number of ether oxygens (including phenoxy) is 1. The van der Waals surface area contributed by atoms with Crippen molar-refractivity contribution < 1.29 is 10.9 Å². The number of rotatable bonds is 2. The van der Waals surface area contributed by atoms with Crippen molar-refractivity contribution in [1.82, 2.24) is 4.90 Å². The average molecular weight is 235 g/mol. The van der Waals surface area contributed by atoms with E-state index in [0.29, 0.717) is 25.9 Å². The van der Waals surface area contributed by atoms with Crippen LogP contribution < -0.4 is 5.73 Å². The number of hydrogen-bond donors (Lipinski definition) is 1. The van der Waals surface area contributed by atoms with Crippen molar-refractivity contribution in [2.24, 2.45) is 5.73 Å². The predicted molar refractivity (Wildman–Crippen MR) is 65.4 cm³/mol. The molecule has 1 aliphatic heterocycles. The number of hydrogen-bond acceptors (Lipinski definition) is 3. The zero-order valence-electron chi connectivity index (χ0n) is 10.8. The molecule has 1 saturated heterocycles. The summed E-state index contributed by atoms with van der Waals surface area (Å²) in [6.07, 6.45) is 0.662. The monoisotopic (exact) mass is 235 g/mol. The molecule has 0 unspecified atom stereocenters. The Kier molecular flexibility index (Phi) is 3.54. The van der Waals surface area contributed by atoms with Gasteiger partial charge >= 0.3 is 6.09 Å². The van der Waals surface area contributed by atoms with E-state index in [2.05, 4.69) is 0 Å². The molecule has 17 heavy (non-hydrogen) atoms. The molecule has 2 rings (SSSR count). The summed E-state index contributed by atoms with van der Waals surface area (Å²) >= 11 is 0. The van der Waals surface area contributed by atoms with Gasteiger partial charge in [-0.15, -0.1) is 0 Å². The van der Waals surface area contributed by atoms with E-state index >= 15 is 0 Å². The maximum absolute atomic E-state index is 11.8. The highest BCUT2D eigenvalue weighted by molar-refractivity contribution is 5.67. The summed E-state index contributed by atoms with van der Waals surface area (Å²) in [6.45, 7) is 1.27.